The Balaban J connectivity index is 1.88. The predicted molar refractivity (Wildman–Crippen MR) is 81.4 cm³/mol. The molecule has 0 atom stereocenters. The zero-order valence-electron chi connectivity index (χ0n) is 12.1. The molecule has 1 N–H and O–H groups in total. The van der Waals surface area contributed by atoms with Crippen molar-refractivity contribution in [1.82, 2.24) is 14.6 Å². The van der Waals surface area contributed by atoms with E-state index in [1.165, 1.54) is 10.6 Å². The van der Waals surface area contributed by atoms with Crippen molar-refractivity contribution in [2.24, 2.45) is 0 Å². The first-order chi connectivity index (χ1) is 10.8. The molecule has 1 aliphatic heterocycles. The van der Waals surface area contributed by atoms with Crippen LogP contribution in [-0.2, 0) is 6.42 Å². The van der Waals surface area contributed by atoms with Gasteiger partial charge in [0.15, 0.2) is 17.1 Å². The summed E-state index contributed by atoms with van der Waals surface area (Å²) in [6.07, 6.45) is 3.72. The van der Waals surface area contributed by atoms with Crippen molar-refractivity contribution < 1.29 is 9.47 Å². The van der Waals surface area contributed by atoms with E-state index in [1.807, 2.05) is 24.4 Å². The summed E-state index contributed by atoms with van der Waals surface area (Å²) in [6, 6.07) is 7.10. The van der Waals surface area contributed by atoms with Gasteiger partial charge in [0.05, 0.1) is 5.69 Å². The van der Waals surface area contributed by atoms with Crippen LogP contribution in [0.5, 0.6) is 11.5 Å². The van der Waals surface area contributed by atoms with Gasteiger partial charge in [-0.15, -0.1) is 0 Å². The van der Waals surface area contributed by atoms with Crippen LogP contribution in [0.2, 0.25) is 0 Å². The minimum Gasteiger partial charge on any atom is -0.454 e. The van der Waals surface area contributed by atoms with E-state index in [0.717, 1.165) is 29.7 Å². The standard InChI is InChI=1S/C16H15N3O3/c1-2-3-11-8-17-19-15(20)7-12(18-16(11)19)10-4-5-13-14(6-10)22-9-21-13/h4-8,17H,2-3,9H2,1H3. The molecule has 0 bridgehead atoms. The first kappa shape index (κ1) is 12.9. The average Bonchev–Trinajstić information content (AvgIpc) is 3.14. The van der Waals surface area contributed by atoms with Gasteiger partial charge < -0.3 is 9.47 Å². The Hall–Kier alpha value is -2.76. The van der Waals surface area contributed by atoms with Gasteiger partial charge in [-0.25, -0.2) is 9.50 Å². The number of H-pyrrole nitrogens is 1. The summed E-state index contributed by atoms with van der Waals surface area (Å²) < 4.78 is 12.2. The summed E-state index contributed by atoms with van der Waals surface area (Å²) >= 11 is 0. The number of aromatic nitrogens is 3. The maximum atomic E-state index is 12.3. The quantitative estimate of drug-likeness (QED) is 0.806. The van der Waals surface area contributed by atoms with Crippen molar-refractivity contribution in [3.63, 3.8) is 0 Å². The van der Waals surface area contributed by atoms with Crippen LogP contribution in [0.1, 0.15) is 18.9 Å². The largest absolute Gasteiger partial charge is 0.454 e. The van der Waals surface area contributed by atoms with Gasteiger partial charge in [-0.2, -0.15) is 0 Å². The third kappa shape index (κ3) is 1.95. The summed E-state index contributed by atoms with van der Waals surface area (Å²) in [4.78, 5) is 16.9. The third-order valence-electron chi connectivity index (χ3n) is 3.76. The molecule has 4 rings (SSSR count). The van der Waals surface area contributed by atoms with E-state index in [9.17, 15) is 4.79 Å². The maximum absolute atomic E-state index is 12.3. The molecule has 1 aromatic carbocycles. The molecule has 0 aliphatic carbocycles. The highest BCUT2D eigenvalue weighted by molar-refractivity contribution is 5.66. The number of aromatic amines is 1. The monoisotopic (exact) mass is 297 g/mol. The molecule has 22 heavy (non-hydrogen) atoms. The molecule has 0 radical (unpaired) electrons. The topological polar surface area (TPSA) is 68.6 Å². The van der Waals surface area contributed by atoms with Crippen molar-refractivity contribution in [3.8, 4) is 22.8 Å². The number of ether oxygens (including phenoxy) is 2. The smallest absolute Gasteiger partial charge is 0.273 e. The first-order valence-corrected chi connectivity index (χ1v) is 7.26. The predicted octanol–water partition coefficient (Wildman–Crippen LogP) is 2.37. The van der Waals surface area contributed by atoms with Crippen LogP contribution in [0.25, 0.3) is 16.9 Å². The zero-order chi connectivity index (χ0) is 15.1. The van der Waals surface area contributed by atoms with Crippen molar-refractivity contribution in [2.75, 3.05) is 6.79 Å². The Morgan fingerprint density at radius 1 is 1.27 bits per heavy atom. The van der Waals surface area contributed by atoms with Crippen molar-refractivity contribution in [3.05, 3.63) is 46.4 Å². The summed E-state index contributed by atoms with van der Waals surface area (Å²) in [6.45, 7) is 2.33. The molecular weight excluding hydrogens is 282 g/mol. The molecule has 0 saturated carbocycles. The number of hydrogen-bond donors (Lipinski definition) is 1. The number of aryl methyl sites for hydroxylation is 1. The number of nitrogens with zero attached hydrogens (tertiary/aromatic N) is 2. The molecule has 0 spiro atoms. The van der Waals surface area contributed by atoms with E-state index in [2.05, 4.69) is 17.0 Å². The number of benzene rings is 1. The van der Waals surface area contributed by atoms with Gasteiger partial charge in [-0.3, -0.25) is 9.89 Å². The second-order valence-corrected chi connectivity index (χ2v) is 5.26. The lowest BCUT2D eigenvalue weighted by molar-refractivity contribution is 0.174. The number of hydrogen-bond acceptors (Lipinski definition) is 4. The fourth-order valence-corrected chi connectivity index (χ4v) is 2.69. The second-order valence-electron chi connectivity index (χ2n) is 5.26. The number of fused-ring (bicyclic) bond motifs is 2. The van der Waals surface area contributed by atoms with E-state index in [-0.39, 0.29) is 12.4 Å². The molecule has 6 nitrogen and oxygen atoms in total. The lowest BCUT2D eigenvalue weighted by Crippen LogP contribution is -2.14. The van der Waals surface area contributed by atoms with Gasteiger partial charge >= 0.3 is 0 Å². The summed E-state index contributed by atoms with van der Waals surface area (Å²) in [5, 5.41) is 2.96. The molecule has 0 fully saturated rings. The summed E-state index contributed by atoms with van der Waals surface area (Å²) in [5.41, 5.74) is 3.08. The highest BCUT2D eigenvalue weighted by atomic mass is 16.7. The fourth-order valence-electron chi connectivity index (χ4n) is 2.69. The van der Waals surface area contributed by atoms with Gasteiger partial charge in [-0.1, -0.05) is 13.3 Å². The Morgan fingerprint density at radius 2 is 2.14 bits per heavy atom. The summed E-state index contributed by atoms with van der Waals surface area (Å²) in [7, 11) is 0. The van der Waals surface area contributed by atoms with E-state index in [1.54, 1.807) is 0 Å². The second kappa shape index (κ2) is 4.91. The first-order valence-electron chi connectivity index (χ1n) is 7.26. The van der Waals surface area contributed by atoms with E-state index < -0.39 is 0 Å². The Bertz CT molecular complexity index is 911. The molecule has 0 amide bonds. The van der Waals surface area contributed by atoms with E-state index in [4.69, 9.17) is 9.47 Å². The molecule has 1 aliphatic rings. The molecule has 2 aromatic heterocycles. The van der Waals surface area contributed by atoms with Crippen LogP contribution in [0.4, 0.5) is 0 Å². The van der Waals surface area contributed by atoms with Crippen LogP contribution in [0.15, 0.2) is 35.3 Å². The Morgan fingerprint density at radius 3 is 3.00 bits per heavy atom. The van der Waals surface area contributed by atoms with Crippen LogP contribution in [0.3, 0.4) is 0 Å². The lowest BCUT2D eigenvalue weighted by Gasteiger charge is -2.04. The lowest BCUT2D eigenvalue weighted by atomic mass is 10.1. The van der Waals surface area contributed by atoms with Gasteiger partial charge in [0.2, 0.25) is 6.79 Å². The van der Waals surface area contributed by atoms with Crippen molar-refractivity contribution >= 4 is 5.65 Å². The van der Waals surface area contributed by atoms with Crippen molar-refractivity contribution in [2.45, 2.75) is 19.8 Å². The van der Waals surface area contributed by atoms with Crippen LogP contribution >= 0.6 is 0 Å². The van der Waals surface area contributed by atoms with Crippen molar-refractivity contribution in [1.29, 1.82) is 0 Å². The molecule has 112 valence electrons. The van der Waals surface area contributed by atoms with E-state index >= 15 is 0 Å². The molecule has 3 aromatic rings. The highest BCUT2D eigenvalue weighted by Crippen LogP contribution is 2.35. The minimum atomic E-state index is -0.125. The Kier molecular flexibility index (Phi) is 2.89. The number of rotatable bonds is 3. The molecule has 3 heterocycles. The van der Waals surface area contributed by atoms with Gasteiger partial charge in [0.25, 0.3) is 5.56 Å². The van der Waals surface area contributed by atoms with E-state index in [0.29, 0.717) is 17.1 Å². The van der Waals surface area contributed by atoms with Crippen LogP contribution in [-0.4, -0.2) is 21.4 Å². The molecular formula is C16H15N3O3. The number of nitrogens with one attached hydrogen (secondary N) is 1. The summed E-state index contributed by atoms with van der Waals surface area (Å²) in [5.74, 6) is 1.40. The van der Waals surface area contributed by atoms with Gasteiger partial charge in [0, 0.05) is 23.4 Å². The normalized spacial score (nSPS) is 13.0. The fraction of sp³-hybridized carbons (Fsp3) is 0.250. The highest BCUT2D eigenvalue weighted by Gasteiger charge is 2.16. The molecule has 0 unspecified atom stereocenters. The van der Waals surface area contributed by atoms with Crippen LogP contribution < -0.4 is 15.0 Å². The molecule has 6 heteroatoms. The van der Waals surface area contributed by atoms with Crippen LogP contribution in [0, 0.1) is 0 Å². The Labute approximate surface area is 126 Å². The third-order valence-corrected chi connectivity index (χ3v) is 3.76. The average molecular weight is 297 g/mol. The van der Waals surface area contributed by atoms with Gasteiger partial charge in [0.1, 0.15) is 0 Å². The maximum Gasteiger partial charge on any atom is 0.273 e. The SMILES string of the molecule is CCCc1c[nH]n2c(=O)cc(-c3ccc4c(c3)OCO4)nc12. The zero-order valence-corrected chi connectivity index (χ0v) is 12.1. The molecule has 0 saturated heterocycles. The minimum absolute atomic E-state index is 0.125. The van der Waals surface area contributed by atoms with Gasteiger partial charge in [-0.05, 0) is 24.6 Å².